The Hall–Kier alpha value is -2.16. The number of aromatic hydroxyl groups is 1. The molecule has 0 aliphatic carbocycles. The highest BCUT2D eigenvalue weighted by Crippen LogP contribution is 2.17. The highest BCUT2D eigenvalue weighted by Gasteiger charge is 1.98. The van der Waals surface area contributed by atoms with Gasteiger partial charge in [0.05, 0.1) is 13.7 Å². The van der Waals surface area contributed by atoms with Crippen molar-refractivity contribution in [2.75, 3.05) is 13.7 Å². The smallest absolute Gasteiger partial charge is 0.119 e. The fourth-order valence-electron chi connectivity index (χ4n) is 1.84. The summed E-state index contributed by atoms with van der Waals surface area (Å²) in [7, 11) is 1.67. The number of hydrogen-bond acceptors (Lipinski definition) is 3. The standard InChI is InChI=1S/C16H18O3/c1-18-16-6-2-4-13(12-16)5-3-11-19-15-9-7-14(17)8-10-15/h2,4,6-10,12,17H,3,5,11H2,1H3. The first-order chi connectivity index (χ1) is 9.28. The molecular formula is C16H18O3. The van der Waals surface area contributed by atoms with Gasteiger partial charge in [-0.25, -0.2) is 0 Å². The van der Waals surface area contributed by atoms with Crippen LogP contribution in [0.25, 0.3) is 0 Å². The van der Waals surface area contributed by atoms with Gasteiger partial charge in [-0.2, -0.15) is 0 Å². The van der Waals surface area contributed by atoms with Crippen molar-refractivity contribution in [3.8, 4) is 17.2 Å². The molecule has 1 N–H and O–H groups in total. The van der Waals surface area contributed by atoms with E-state index in [-0.39, 0.29) is 5.75 Å². The van der Waals surface area contributed by atoms with Gasteiger partial charge >= 0.3 is 0 Å². The summed E-state index contributed by atoms with van der Waals surface area (Å²) in [6.07, 6.45) is 1.89. The first-order valence-corrected chi connectivity index (χ1v) is 6.33. The summed E-state index contributed by atoms with van der Waals surface area (Å²) >= 11 is 0. The summed E-state index contributed by atoms with van der Waals surface area (Å²) < 4.78 is 10.8. The van der Waals surface area contributed by atoms with Crippen LogP contribution in [0.5, 0.6) is 17.2 Å². The Bertz CT molecular complexity index is 506. The average Bonchev–Trinajstić information content (AvgIpc) is 2.46. The second-order valence-electron chi connectivity index (χ2n) is 4.30. The molecule has 0 amide bonds. The highest BCUT2D eigenvalue weighted by molar-refractivity contribution is 5.30. The lowest BCUT2D eigenvalue weighted by Gasteiger charge is -2.07. The minimum absolute atomic E-state index is 0.253. The molecule has 2 aromatic carbocycles. The van der Waals surface area contributed by atoms with E-state index in [0.717, 1.165) is 24.3 Å². The summed E-state index contributed by atoms with van der Waals surface area (Å²) in [5, 5.41) is 9.16. The first kappa shape index (κ1) is 13.3. The summed E-state index contributed by atoms with van der Waals surface area (Å²) in [4.78, 5) is 0. The van der Waals surface area contributed by atoms with Gasteiger partial charge in [0.1, 0.15) is 17.2 Å². The predicted molar refractivity (Wildman–Crippen MR) is 74.9 cm³/mol. The molecule has 0 atom stereocenters. The molecule has 3 nitrogen and oxygen atoms in total. The molecule has 0 aliphatic rings. The molecule has 0 bridgehead atoms. The quantitative estimate of drug-likeness (QED) is 0.807. The molecule has 0 fully saturated rings. The summed E-state index contributed by atoms with van der Waals surface area (Å²) in [5.74, 6) is 1.92. The Morgan fingerprint density at radius 2 is 1.79 bits per heavy atom. The van der Waals surface area contributed by atoms with Crippen LogP contribution in [0.1, 0.15) is 12.0 Å². The van der Waals surface area contributed by atoms with E-state index < -0.39 is 0 Å². The Kier molecular flexibility index (Phi) is 4.67. The molecule has 0 saturated carbocycles. The molecule has 0 spiro atoms. The van der Waals surface area contributed by atoms with Gasteiger partial charge in [-0.1, -0.05) is 12.1 Å². The molecule has 0 unspecified atom stereocenters. The van der Waals surface area contributed by atoms with Crippen LogP contribution in [0.15, 0.2) is 48.5 Å². The number of rotatable bonds is 6. The molecule has 2 aromatic rings. The van der Waals surface area contributed by atoms with E-state index in [4.69, 9.17) is 14.6 Å². The van der Waals surface area contributed by atoms with E-state index in [1.54, 1.807) is 31.4 Å². The number of benzene rings is 2. The largest absolute Gasteiger partial charge is 0.508 e. The van der Waals surface area contributed by atoms with Crippen LogP contribution in [-0.4, -0.2) is 18.8 Å². The zero-order valence-corrected chi connectivity index (χ0v) is 11.0. The predicted octanol–water partition coefficient (Wildman–Crippen LogP) is 3.41. The fourth-order valence-corrected chi connectivity index (χ4v) is 1.84. The maximum atomic E-state index is 9.16. The third kappa shape index (κ3) is 4.21. The number of aryl methyl sites for hydroxylation is 1. The van der Waals surface area contributed by atoms with Crippen LogP contribution in [-0.2, 0) is 6.42 Å². The molecule has 19 heavy (non-hydrogen) atoms. The van der Waals surface area contributed by atoms with Crippen LogP contribution < -0.4 is 9.47 Å². The molecule has 3 heteroatoms. The van der Waals surface area contributed by atoms with E-state index in [0.29, 0.717) is 6.61 Å². The van der Waals surface area contributed by atoms with Gasteiger partial charge in [-0.15, -0.1) is 0 Å². The van der Waals surface area contributed by atoms with Gasteiger partial charge < -0.3 is 14.6 Å². The lowest BCUT2D eigenvalue weighted by molar-refractivity contribution is 0.310. The average molecular weight is 258 g/mol. The summed E-state index contributed by atoms with van der Waals surface area (Å²) in [6, 6.07) is 14.8. The van der Waals surface area contributed by atoms with Crippen molar-refractivity contribution in [3.05, 3.63) is 54.1 Å². The van der Waals surface area contributed by atoms with Crippen LogP contribution in [0.2, 0.25) is 0 Å². The molecule has 0 radical (unpaired) electrons. The number of phenols is 1. The van der Waals surface area contributed by atoms with Crippen molar-refractivity contribution in [3.63, 3.8) is 0 Å². The molecule has 2 rings (SSSR count). The van der Waals surface area contributed by atoms with E-state index in [1.807, 2.05) is 18.2 Å². The van der Waals surface area contributed by atoms with Crippen LogP contribution in [0.3, 0.4) is 0 Å². The summed E-state index contributed by atoms with van der Waals surface area (Å²) in [6.45, 7) is 0.655. The van der Waals surface area contributed by atoms with Crippen molar-refractivity contribution in [2.24, 2.45) is 0 Å². The Morgan fingerprint density at radius 3 is 2.53 bits per heavy atom. The normalized spacial score (nSPS) is 10.2. The first-order valence-electron chi connectivity index (χ1n) is 6.33. The Morgan fingerprint density at radius 1 is 1.00 bits per heavy atom. The van der Waals surface area contributed by atoms with E-state index in [9.17, 15) is 0 Å². The minimum Gasteiger partial charge on any atom is -0.508 e. The van der Waals surface area contributed by atoms with Crippen LogP contribution in [0.4, 0.5) is 0 Å². The lowest BCUT2D eigenvalue weighted by atomic mass is 10.1. The van der Waals surface area contributed by atoms with Crippen LogP contribution in [0, 0.1) is 0 Å². The third-order valence-corrected chi connectivity index (χ3v) is 2.85. The molecule has 0 aliphatic heterocycles. The molecular weight excluding hydrogens is 240 g/mol. The number of phenolic OH excluding ortho intramolecular Hbond substituents is 1. The third-order valence-electron chi connectivity index (χ3n) is 2.85. The topological polar surface area (TPSA) is 38.7 Å². The van der Waals surface area contributed by atoms with Crippen molar-refractivity contribution in [2.45, 2.75) is 12.8 Å². The fraction of sp³-hybridized carbons (Fsp3) is 0.250. The van der Waals surface area contributed by atoms with E-state index in [1.165, 1.54) is 5.56 Å². The van der Waals surface area contributed by atoms with Gasteiger partial charge in [0.2, 0.25) is 0 Å². The maximum Gasteiger partial charge on any atom is 0.119 e. The maximum absolute atomic E-state index is 9.16. The van der Waals surface area contributed by atoms with E-state index in [2.05, 4.69) is 6.07 Å². The van der Waals surface area contributed by atoms with Gasteiger partial charge in [-0.05, 0) is 54.8 Å². The van der Waals surface area contributed by atoms with Gasteiger partial charge in [-0.3, -0.25) is 0 Å². The Balaban J connectivity index is 1.75. The molecule has 100 valence electrons. The number of hydrogen-bond donors (Lipinski definition) is 1. The molecule has 0 aromatic heterocycles. The number of ether oxygens (including phenoxy) is 2. The van der Waals surface area contributed by atoms with Crippen LogP contribution >= 0.6 is 0 Å². The lowest BCUT2D eigenvalue weighted by Crippen LogP contribution is -1.99. The SMILES string of the molecule is COc1cccc(CCCOc2ccc(O)cc2)c1. The zero-order valence-electron chi connectivity index (χ0n) is 11.0. The minimum atomic E-state index is 0.253. The van der Waals surface area contributed by atoms with Gasteiger partial charge in [0.15, 0.2) is 0 Å². The second kappa shape index (κ2) is 6.69. The second-order valence-corrected chi connectivity index (χ2v) is 4.30. The molecule has 0 heterocycles. The Labute approximate surface area is 113 Å². The van der Waals surface area contributed by atoms with Crippen molar-refractivity contribution in [1.29, 1.82) is 0 Å². The van der Waals surface area contributed by atoms with Crippen molar-refractivity contribution in [1.82, 2.24) is 0 Å². The van der Waals surface area contributed by atoms with E-state index >= 15 is 0 Å². The summed E-state index contributed by atoms with van der Waals surface area (Å²) in [5.41, 5.74) is 1.24. The van der Waals surface area contributed by atoms with Crippen molar-refractivity contribution >= 4 is 0 Å². The number of methoxy groups -OCH3 is 1. The molecule has 0 saturated heterocycles. The van der Waals surface area contributed by atoms with Crippen molar-refractivity contribution < 1.29 is 14.6 Å². The monoisotopic (exact) mass is 258 g/mol. The van der Waals surface area contributed by atoms with Gasteiger partial charge in [0, 0.05) is 0 Å². The highest BCUT2D eigenvalue weighted by atomic mass is 16.5. The zero-order chi connectivity index (χ0) is 13.5. The van der Waals surface area contributed by atoms with Gasteiger partial charge in [0.25, 0.3) is 0 Å².